The van der Waals surface area contributed by atoms with Crippen LogP contribution in [0.1, 0.15) is 47.2 Å². The first-order valence-electron chi connectivity index (χ1n) is 13.4. The lowest BCUT2D eigenvalue weighted by atomic mass is 9.86. The highest BCUT2D eigenvalue weighted by molar-refractivity contribution is 6.32. The Hall–Kier alpha value is -4.05. The predicted octanol–water partition coefficient (Wildman–Crippen LogP) is 5.98. The number of fused-ring (bicyclic) bond motifs is 4. The molecule has 1 aromatic heterocycles. The van der Waals surface area contributed by atoms with Crippen molar-refractivity contribution in [3.8, 4) is 22.9 Å². The van der Waals surface area contributed by atoms with E-state index in [0.717, 1.165) is 5.56 Å². The summed E-state index contributed by atoms with van der Waals surface area (Å²) in [5.74, 6) is 0.597. The van der Waals surface area contributed by atoms with Crippen LogP contribution in [0.15, 0.2) is 54.6 Å². The zero-order valence-electron chi connectivity index (χ0n) is 23.4. The Morgan fingerprint density at radius 2 is 1.79 bits per heavy atom. The van der Waals surface area contributed by atoms with Gasteiger partial charge >= 0.3 is 0 Å². The number of aliphatic hydroxyl groups is 1. The van der Waals surface area contributed by atoms with Crippen molar-refractivity contribution in [2.75, 3.05) is 30.5 Å². The molecular formula is C31H28Cl2N4O5. The van der Waals surface area contributed by atoms with E-state index in [2.05, 4.69) is 5.32 Å². The SMILES string of the molecule is COc1cc(OCCO)ccc1-c1nc2c(n1C(C)C)C1(C(=O)Nc3cc(Cl)ccc31)N(c1cc(Cl)ccc1C)C2=O. The monoisotopic (exact) mass is 606 g/mol. The number of carbonyl (C=O) groups excluding carboxylic acids is 2. The van der Waals surface area contributed by atoms with Crippen LogP contribution in [0.2, 0.25) is 10.0 Å². The third-order valence-corrected chi connectivity index (χ3v) is 8.12. The number of aromatic nitrogens is 2. The lowest BCUT2D eigenvalue weighted by Gasteiger charge is -2.36. The summed E-state index contributed by atoms with van der Waals surface area (Å²) in [5.41, 5.74) is 1.98. The molecule has 2 amide bonds. The van der Waals surface area contributed by atoms with E-state index in [9.17, 15) is 9.59 Å². The third kappa shape index (κ3) is 3.99. The molecule has 6 rings (SSSR count). The number of imidazole rings is 1. The van der Waals surface area contributed by atoms with Crippen LogP contribution in [-0.4, -0.2) is 46.8 Å². The summed E-state index contributed by atoms with van der Waals surface area (Å²) >= 11 is 12.8. The quantitative estimate of drug-likeness (QED) is 0.268. The van der Waals surface area contributed by atoms with Gasteiger partial charge in [-0.05, 0) is 62.7 Å². The molecule has 9 nitrogen and oxygen atoms in total. The standard InChI is InChI=1S/C31H28Cl2N4O5/c1-16(2)36-27-26(35-28(36)21-9-8-20(42-12-11-38)15-25(21)41-4)29(39)37(24-14-19(33)6-5-17(24)3)31(27)22-10-7-18(32)13-23(22)34-30(31)40/h5-10,13-16,38H,11-12H2,1-4H3,(H,34,40). The number of anilines is 2. The zero-order valence-corrected chi connectivity index (χ0v) is 24.9. The highest BCUT2D eigenvalue weighted by Gasteiger charge is 2.64. The molecule has 2 aliphatic heterocycles. The molecule has 0 saturated heterocycles. The Morgan fingerprint density at radius 1 is 1.05 bits per heavy atom. The lowest BCUT2D eigenvalue weighted by Crippen LogP contribution is -2.51. The molecule has 3 heterocycles. The summed E-state index contributed by atoms with van der Waals surface area (Å²) in [6.07, 6.45) is 0. The van der Waals surface area contributed by atoms with Gasteiger partial charge in [0.1, 0.15) is 23.9 Å². The van der Waals surface area contributed by atoms with E-state index in [1.807, 2.05) is 31.4 Å². The van der Waals surface area contributed by atoms with Gasteiger partial charge in [-0.1, -0.05) is 35.3 Å². The summed E-state index contributed by atoms with van der Waals surface area (Å²) in [5, 5.41) is 13.0. The van der Waals surface area contributed by atoms with E-state index >= 15 is 0 Å². The van der Waals surface area contributed by atoms with Crippen LogP contribution in [0.25, 0.3) is 11.4 Å². The Bertz CT molecular complexity index is 1770. The fourth-order valence-corrected chi connectivity index (χ4v) is 6.27. The second kappa shape index (κ2) is 10.3. The summed E-state index contributed by atoms with van der Waals surface area (Å²) < 4.78 is 13.2. The maximum absolute atomic E-state index is 14.5. The molecular weight excluding hydrogens is 579 g/mol. The number of aliphatic hydroxyl groups excluding tert-OH is 1. The van der Waals surface area contributed by atoms with E-state index in [1.54, 1.807) is 48.5 Å². The molecule has 0 bridgehead atoms. The molecule has 4 aromatic rings. The normalized spacial score (nSPS) is 17.2. The van der Waals surface area contributed by atoms with Crippen LogP contribution in [0.4, 0.5) is 11.4 Å². The minimum absolute atomic E-state index is 0.129. The molecule has 0 aliphatic carbocycles. The maximum atomic E-state index is 14.5. The number of ether oxygens (including phenoxy) is 2. The Balaban J connectivity index is 1.67. The predicted molar refractivity (Wildman–Crippen MR) is 161 cm³/mol. The van der Waals surface area contributed by atoms with Crippen molar-refractivity contribution >= 4 is 46.4 Å². The maximum Gasteiger partial charge on any atom is 0.280 e. The molecule has 216 valence electrons. The van der Waals surface area contributed by atoms with Crippen molar-refractivity contribution in [3.05, 3.63) is 87.2 Å². The number of benzene rings is 3. The number of carbonyl (C=O) groups is 2. The molecule has 0 saturated carbocycles. The van der Waals surface area contributed by atoms with E-state index < -0.39 is 17.4 Å². The van der Waals surface area contributed by atoms with Crippen molar-refractivity contribution in [2.45, 2.75) is 32.4 Å². The first-order valence-corrected chi connectivity index (χ1v) is 14.2. The van der Waals surface area contributed by atoms with Gasteiger partial charge < -0.3 is 24.5 Å². The van der Waals surface area contributed by atoms with Crippen LogP contribution >= 0.6 is 23.2 Å². The van der Waals surface area contributed by atoms with Gasteiger partial charge in [0.25, 0.3) is 11.8 Å². The van der Waals surface area contributed by atoms with Crippen molar-refractivity contribution in [3.63, 3.8) is 0 Å². The van der Waals surface area contributed by atoms with Gasteiger partial charge in [-0.25, -0.2) is 4.98 Å². The number of hydrogen-bond acceptors (Lipinski definition) is 6. The number of halogens is 2. The van der Waals surface area contributed by atoms with Crippen molar-refractivity contribution < 1.29 is 24.2 Å². The van der Waals surface area contributed by atoms with Gasteiger partial charge in [0.15, 0.2) is 11.2 Å². The molecule has 1 unspecified atom stereocenters. The molecule has 0 radical (unpaired) electrons. The van der Waals surface area contributed by atoms with Gasteiger partial charge in [0, 0.05) is 33.4 Å². The number of amides is 2. The average molecular weight is 607 g/mol. The first kappa shape index (κ1) is 28.1. The average Bonchev–Trinajstić information content (AvgIpc) is 3.57. The molecule has 2 aliphatic rings. The first-order chi connectivity index (χ1) is 20.1. The van der Waals surface area contributed by atoms with Crippen LogP contribution in [0, 0.1) is 6.92 Å². The number of rotatable bonds is 7. The minimum Gasteiger partial charge on any atom is -0.496 e. The number of aryl methyl sites for hydroxylation is 1. The van der Waals surface area contributed by atoms with Gasteiger partial charge in [-0.3, -0.25) is 14.5 Å². The lowest BCUT2D eigenvalue weighted by molar-refractivity contribution is -0.119. The van der Waals surface area contributed by atoms with E-state index in [4.69, 9.17) is 42.8 Å². The van der Waals surface area contributed by atoms with Crippen molar-refractivity contribution in [1.82, 2.24) is 9.55 Å². The van der Waals surface area contributed by atoms with Gasteiger partial charge in [0.2, 0.25) is 0 Å². The largest absolute Gasteiger partial charge is 0.496 e. The van der Waals surface area contributed by atoms with Crippen LogP contribution in [-0.2, 0) is 10.3 Å². The van der Waals surface area contributed by atoms with Crippen molar-refractivity contribution in [1.29, 1.82) is 0 Å². The zero-order chi connectivity index (χ0) is 29.9. The molecule has 3 aromatic carbocycles. The summed E-state index contributed by atoms with van der Waals surface area (Å²) in [6.45, 7) is 5.81. The van der Waals surface area contributed by atoms with E-state index in [1.165, 1.54) is 12.0 Å². The fraction of sp³-hybridized carbons (Fsp3) is 0.258. The van der Waals surface area contributed by atoms with Gasteiger partial charge in [0.05, 0.1) is 30.7 Å². The summed E-state index contributed by atoms with van der Waals surface area (Å²) in [7, 11) is 1.53. The van der Waals surface area contributed by atoms with Gasteiger partial charge in [-0.2, -0.15) is 0 Å². The number of hydrogen-bond donors (Lipinski definition) is 2. The molecule has 11 heteroatoms. The van der Waals surface area contributed by atoms with E-state index in [0.29, 0.717) is 55.6 Å². The highest BCUT2D eigenvalue weighted by Crippen LogP contribution is 2.55. The third-order valence-electron chi connectivity index (χ3n) is 7.65. The fourth-order valence-electron chi connectivity index (χ4n) is 5.94. The summed E-state index contributed by atoms with van der Waals surface area (Å²) in [6, 6.07) is 15.4. The van der Waals surface area contributed by atoms with Crippen molar-refractivity contribution in [2.24, 2.45) is 0 Å². The highest BCUT2D eigenvalue weighted by atomic mass is 35.5. The second-order valence-electron chi connectivity index (χ2n) is 10.5. The Kier molecular flexibility index (Phi) is 6.92. The van der Waals surface area contributed by atoms with Crippen LogP contribution in [0.5, 0.6) is 11.5 Å². The van der Waals surface area contributed by atoms with Gasteiger partial charge in [-0.15, -0.1) is 0 Å². The molecule has 0 fully saturated rings. The number of nitrogens with one attached hydrogen (secondary N) is 1. The van der Waals surface area contributed by atoms with Crippen LogP contribution in [0.3, 0.4) is 0 Å². The number of methoxy groups -OCH3 is 1. The molecule has 1 atom stereocenters. The Morgan fingerprint density at radius 3 is 2.50 bits per heavy atom. The topological polar surface area (TPSA) is 106 Å². The van der Waals surface area contributed by atoms with Crippen LogP contribution < -0.4 is 19.7 Å². The Labute approximate surface area is 252 Å². The number of nitrogens with zero attached hydrogens (tertiary/aromatic N) is 3. The molecule has 42 heavy (non-hydrogen) atoms. The molecule has 2 N–H and O–H groups in total. The minimum atomic E-state index is -1.59. The summed E-state index contributed by atoms with van der Waals surface area (Å²) in [4.78, 5) is 35.3. The second-order valence-corrected chi connectivity index (χ2v) is 11.3. The smallest absolute Gasteiger partial charge is 0.280 e. The van der Waals surface area contributed by atoms with E-state index in [-0.39, 0.29) is 24.9 Å². The molecule has 1 spiro atoms.